The van der Waals surface area contributed by atoms with Gasteiger partial charge in [0.15, 0.2) is 0 Å². The molecule has 0 heterocycles. The normalized spacial score (nSPS) is 11.6. The average molecular weight is 771 g/mol. The van der Waals surface area contributed by atoms with Crippen LogP contribution in [0.5, 0.6) is 11.5 Å². The van der Waals surface area contributed by atoms with Crippen molar-refractivity contribution in [2.75, 3.05) is 21.3 Å². The molecule has 17 heteroatoms. The van der Waals surface area contributed by atoms with Crippen LogP contribution >= 0.6 is 0 Å². The highest BCUT2D eigenvalue weighted by Gasteiger charge is 2.25. The van der Waals surface area contributed by atoms with E-state index in [4.69, 9.17) is 0 Å². The molecule has 0 saturated carbocycles. The molecule has 54 heavy (non-hydrogen) atoms. The number of anilines is 4. The first-order chi connectivity index (χ1) is 25.4. The first-order valence-corrected chi connectivity index (χ1v) is 18.7. The van der Waals surface area contributed by atoms with Gasteiger partial charge in [0.05, 0.1) is 11.4 Å². The number of aryl methyl sites for hydroxylation is 2. The average Bonchev–Trinajstić information content (AvgIpc) is 3.11. The molecule has 276 valence electrons. The number of fused-ring (bicyclic) bond motifs is 2. The smallest absolute Gasteiger partial charge is 0.323 e. The molecule has 6 rings (SSSR count). The van der Waals surface area contributed by atoms with E-state index in [1.807, 2.05) is 0 Å². The van der Waals surface area contributed by atoms with Crippen LogP contribution in [0.25, 0.3) is 21.5 Å². The number of nitrogens with one attached hydrogen (secondary N) is 4. The lowest BCUT2D eigenvalue weighted by Gasteiger charge is -2.16. The largest absolute Gasteiger partial charge is 0.507 e. The van der Waals surface area contributed by atoms with Crippen molar-refractivity contribution in [3.8, 4) is 11.5 Å². The van der Waals surface area contributed by atoms with Crippen LogP contribution in [0.15, 0.2) is 107 Å². The van der Waals surface area contributed by atoms with Gasteiger partial charge in [-0.15, -0.1) is 0 Å². The molecule has 0 spiro atoms. The van der Waals surface area contributed by atoms with Crippen molar-refractivity contribution in [1.29, 1.82) is 0 Å². The summed E-state index contributed by atoms with van der Waals surface area (Å²) in [5, 5.41) is 31.7. The molecule has 4 amide bonds. The monoisotopic (exact) mass is 770 g/mol. The Hall–Kier alpha value is -6.53. The Balaban J connectivity index is 1.23. The molecular weight excluding hydrogens is 741 g/mol. The van der Waals surface area contributed by atoms with Crippen molar-refractivity contribution >= 4 is 82.4 Å². The van der Waals surface area contributed by atoms with Crippen molar-refractivity contribution in [2.45, 2.75) is 23.6 Å². The molecule has 0 bridgehead atoms. The maximum absolute atomic E-state index is 13.5. The molecule has 0 radical (unpaired) electrons. The third kappa shape index (κ3) is 7.50. The Bertz CT molecular complexity index is 2600. The lowest BCUT2D eigenvalue weighted by atomic mass is 10.0. The highest BCUT2D eigenvalue weighted by Crippen LogP contribution is 2.39. The molecule has 0 aliphatic heterocycles. The maximum atomic E-state index is 13.5. The molecule has 0 saturated heterocycles. The van der Waals surface area contributed by atoms with Crippen LogP contribution in [-0.4, -0.2) is 54.0 Å². The van der Waals surface area contributed by atoms with Gasteiger partial charge in [0.25, 0.3) is 32.1 Å². The predicted octanol–water partition coefficient (Wildman–Crippen LogP) is 6.66. The van der Waals surface area contributed by atoms with Crippen molar-refractivity contribution in [1.82, 2.24) is 0 Å². The minimum atomic E-state index is -4.89. The zero-order valence-corrected chi connectivity index (χ0v) is 29.8. The van der Waals surface area contributed by atoms with E-state index in [2.05, 4.69) is 21.3 Å². The van der Waals surface area contributed by atoms with Crippen molar-refractivity contribution in [2.24, 2.45) is 0 Å². The van der Waals surface area contributed by atoms with Crippen LogP contribution in [0, 0.1) is 13.8 Å². The predicted molar refractivity (Wildman–Crippen MR) is 202 cm³/mol. The maximum Gasteiger partial charge on any atom is 0.323 e. The summed E-state index contributed by atoms with van der Waals surface area (Å²) in [5.41, 5.74) is 0.729. The number of hydrogen-bond acceptors (Lipinski definition) is 9. The van der Waals surface area contributed by atoms with Crippen LogP contribution in [0.2, 0.25) is 0 Å². The fourth-order valence-electron chi connectivity index (χ4n) is 5.87. The lowest BCUT2D eigenvalue weighted by molar-refractivity contribution is 0.101. The molecular formula is C37H30N4O11S2. The summed E-state index contributed by atoms with van der Waals surface area (Å²) < 4.78 is 68.5. The summed E-state index contributed by atoms with van der Waals surface area (Å²) in [7, 11) is -9.79. The van der Waals surface area contributed by atoms with Gasteiger partial charge in [-0.25, -0.2) is 4.79 Å². The summed E-state index contributed by atoms with van der Waals surface area (Å²) in [6.07, 6.45) is 0. The van der Waals surface area contributed by atoms with Gasteiger partial charge in [0, 0.05) is 56.2 Å². The second kappa shape index (κ2) is 14.1. The van der Waals surface area contributed by atoms with E-state index in [1.54, 1.807) is 38.1 Å². The molecule has 0 aliphatic carbocycles. The number of hydrogen-bond donors (Lipinski definition) is 8. The van der Waals surface area contributed by atoms with Gasteiger partial charge in [0.1, 0.15) is 21.3 Å². The fraction of sp³-hybridized carbons (Fsp3) is 0.0541. The van der Waals surface area contributed by atoms with Crippen LogP contribution in [0.4, 0.5) is 27.5 Å². The fourth-order valence-corrected chi connectivity index (χ4v) is 7.23. The van der Waals surface area contributed by atoms with Gasteiger partial charge in [-0.3, -0.25) is 18.7 Å². The van der Waals surface area contributed by atoms with Crippen LogP contribution in [0.1, 0.15) is 31.8 Å². The highest BCUT2D eigenvalue weighted by molar-refractivity contribution is 7.86. The van der Waals surface area contributed by atoms with Crippen LogP contribution in [-0.2, 0) is 20.2 Å². The minimum Gasteiger partial charge on any atom is -0.507 e. The Labute approximate surface area is 307 Å². The second-order valence-electron chi connectivity index (χ2n) is 12.1. The summed E-state index contributed by atoms with van der Waals surface area (Å²) in [5.74, 6) is -2.43. The Morgan fingerprint density at radius 1 is 0.500 bits per heavy atom. The first-order valence-electron chi connectivity index (χ1n) is 15.8. The van der Waals surface area contributed by atoms with E-state index in [-0.39, 0.29) is 55.4 Å². The Morgan fingerprint density at radius 3 is 1.20 bits per heavy atom. The van der Waals surface area contributed by atoms with Gasteiger partial charge in [0.2, 0.25) is 0 Å². The number of carbonyl (C=O) groups is 3. The third-order valence-corrected chi connectivity index (χ3v) is 10.2. The number of urea groups is 1. The number of rotatable bonds is 8. The zero-order valence-electron chi connectivity index (χ0n) is 28.2. The molecule has 0 fully saturated rings. The summed E-state index contributed by atoms with van der Waals surface area (Å²) in [6.45, 7) is 3.21. The van der Waals surface area contributed by atoms with E-state index in [0.717, 1.165) is 12.1 Å². The minimum absolute atomic E-state index is 0.0338. The van der Waals surface area contributed by atoms with E-state index in [1.165, 1.54) is 60.7 Å². The van der Waals surface area contributed by atoms with Gasteiger partial charge < -0.3 is 31.5 Å². The Morgan fingerprint density at radius 2 is 0.852 bits per heavy atom. The van der Waals surface area contributed by atoms with E-state index in [9.17, 15) is 50.5 Å². The third-order valence-electron chi connectivity index (χ3n) is 8.49. The highest BCUT2D eigenvalue weighted by atomic mass is 32.2. The molecule has 0 aliphatic rings. The van der Waals surface area contributed by atoms with Crippen molar-refractivity contribution in [3.63, 3.8) is 0 Å². The standard InChI is InChI=1S/C37H30N4O11S2/c1-19-11-13-21(15-27(19)35(44)40-33-25-9-5-3-7-23(25)29(42)17-31(33)53(47,48)49)38-37(46)39-22-14-12-20(2)28(16-22)36(45)41-34-26-10-6-4-8-24(26)30(43)18-32(34)54(50,51)52/h3-18,42-43H,1-2H3,(H,40,44)(H,41,45)(H2,38,39,46)(H,47,48,49)(H,50,51,52). The molecule has 8 N–H and O–H groups in total. The lowest BCUT2D eigenvalue weighted by Crippen LogP contribution is -2.21. The van der Waals surface area contributed by atoms with Crippen LogP contribution < -0.4 is 21.3 Å². The first kappa shape index (κ1) is 37.2. The molecule has 0 atom stereocenters. The van der Waals surface area contributed by atoms with Gasteiger partial charge in [-0.1, -0.05) is 60.7 Å². The van der Waals surface area contributed by atoms with E-state index < -0.39 is 59.4 Å². The summed E-state index contributed by atoms with van der Waals surface area (Å²) in [6, 6.07) is 21.9. The van der Waals surface area contributed by atoms with Crippen LogP contribution in [0.3, 0.4) is 0 Å². The molecule has 6 aromatic carbocycles. The number of phenols is 2. The summed E-state index contributed by atoms with van der Waals surface area (Å²) in [4.78, 5) is 38.7. The van der Waals surface area contributed by atoms with Gasteiger partial charge >= 0.3 is 6.03 Å². The summed E-state index contributed by atoms with van der Waals surface area (Å²) >= 11 is 0. The molecule has 6 aromatic rings. The quantitative estimate of drug-likeness (QED) is 0.0600. The SMILES string of the molecule is Cc1ccc(NC(=O)Nc2ccc(C)c(C(=O)Nc3c(S(=O)(=O)O)cc(O)c4ccccc34)c2)cc1C(=O)Nc1c(S(=O)(=O)O)cc(O)c2ccccc12. The van der Waals surface area contributed by atoms with Crippen molar-refractivity contribution in [3.05, 3.63) is 119 Å². The number of amides is 4. The number of carbonyl (C=O) groups excluding carboxylic acids is 3. The Kier molecular flexibility index (Phi) is 9.74. The molecule has 15 nitrogen and oxygen atoms in total. The number of phenolic OH excluding ortho intramolecular Hbond substituents is 2. The van der Waals surface area contributed by atoms with Crippen molar-refractivity contribution < 1.29 is 50.5 Å². The van der Waals surface area contributed by atoms with Gasteiger partial charge in [-0.05, 0) is 49.2 Å². The molecule has 0 aromatic heterocycles. The van der Waals surface area contributed by atoms with E-state index >= 15 is 0 Å². The zero-order chi connectivity index (χ0) is 39.1. The van der Waals surface area contributed by atoms with Gasteiger partial charge in [-0.2, -0.15) is 16.8 Å². The number of benzene rings is 6. The van der Waals surface area contributed by atoms with E-state index in [0.29, 0.717) is 11.1 Å². The topological polar surface area (TPSA) is 249 Å². The number of aromatic hydroxyl groups is 2. The molecule has 0 unspecified atom stereocenters. The second-order valence-corrected chi connectivity index (χ2v) is 14.9.